The molecule has 0 saturated heterocycles. The standard InChI is InChI=1S/C14H22N2O3/c1-11(2)7-9-19-10-8-15-13-5-4-6-14(12(13)3)16(17)18/h4-6,11,15H,7-10H2,1-3H3. The first kappa shape index (κ1) is 15.4. The number of nitrogens with zero attached hydrogens (tertiary/aromatic N) is 1. The molecule has 0 spiro atoms. The molecule has 1 aromatic carbocycles. The van der Waals surface area contributed by atoms with E-state index in [1.807, 2.05) is 6.07 Å². The van der Waals surface area contributed by atoms with Crippen LogP contribution in [0.15, 0.2) is 18.2 Å². The zero-order valence-corrected chi connectivity index (χ0v) is 11.8. The van der Waals surface area contributed by atoms with E-state index in [2.05, 4.69) is 19.2 Å². The van der Waals surface area contributed by atoms with Crippen LogP contribution in [0.3, 0.4) is 0 Å². The summed E-state index contributed by atoms with van der Waals surface area (Å²) in [5, 5.41) is 14.0. The minimum absolute atomic E-state index is 0.144. The zero-order chi connectivity index (χ0) is 14.3. The van der Waals surface area contributed by atoms with E-state index in [4.69, 9.17) is 4.74 Å². The topological polar surface area (TPSA) is 64.4 Å². The minimum Gasteiger partial charge on any atom is -0.382 e. The normalized spacial score (nSPS) is 10.7. The summed E-state index contributed by atoms with van der Waals surface area (Å²) in [6.45, 7) is 8.09. The average Bonchev–Trinajstić information content (AvgIpc) is 2.34. The van der Waals surface area contributed by atoms with Gasteiger partial charge in [-0.3, -0.25) is 10.1 Å². The fraction of sp³-hybridized carbons (Fsp3) is 0.571. The summed E-state index contributed by atoms with van der Waals surface area (Å²) in [5.74, 6) is 0.645. The molecule has 0 aromatic heterocycles. The van der Waals surface area contributed by atoms with Gasteiger partial charge in [0.25, 0.3) is 5.69 Å². The van der Waals surface area contributed by atoms with Gasteiger partial charge in [0.05, 0.1) is 11.5 Å². The maximum atomic E-state index is 10.8. The van der Waals surface area contributed by atoms with E-state index in [-0.39, 0.29) is 10.6 Å². The fourth-order valence-electron chi connectivity index (χ4n) is 1.69. The van der Waals surface area contributed by atoms with Crippen LogP contribution in [0.1, 0.15) is 25.8 Å². The smallest absolute Gasteiger partial charge is 0.274 e. The summed E-state index contributed by atoms with van der Waals surface area (Å²) >= 11 is 0. The van der Waals surface area contributed by atoms with Crippen LogP contribution in [0.25, 0.3) is 0 Å². The first-order valence-electron chi connectivity index (χ1n) is 6.58. The number of nitro benzene ring substituents is 1. The SMILES string of the molecule is Cc1c(NCCOCCC(C)C)cccc1[N+](=O)[O-]. The lowest BCUT2D eigenvalue weighted by Gasteiger charge is -2.10. The highest BCUT2D eigenvalue weighted by atomic mass is 16.6. The van der Waals surface area contributed by atoms with Gasteiger partial charge in [0.1, 0.15) is 0 Å². The van der Waals surface area contributed by atoms with Crippen LogP contribution in [0, 0.1) is 23.0 Å². The number of anilines is 1. The highest BCUT2D eigenvalue weighted by molar-refractivity contribution is 5.59. The lowest BCUT2D eigenvalue weighted by Crippen LogP contribution is -2.11. The van der Waals surface area contributed by atoms with Crippen molar-refractivity contribution in [1.82, 2.24) is 0 Å². The molecule has 106 valence electrons. The second-order valence-corrected chi connectivity index (χ2v) is 4.93. The van der Waals surface area contributed by atoms with Crippen molar-refractivity contribution in [3.8, 4) is 0 Å². The molecule has 0 fully saturated rings. The number of benzene rings is 1. The van der Waals surface area contributed by atoms with Gasteiger partial charge in [0, 0.05) is 30.5 Å². The molecule has 0 atom stereocenters. The van der Waals surface area contributed by atoms with Gasteiger partial charge in [-0.25, -0.2) is 0 Å². The maximum absolute atomic E-state index is 10.8. The number of hydrogen-bond acceptors (Lipinski definition) is 4. The quantitative estimate of drug-likeness (QED) is 0.445. The molecule has 5 nitrogen and oxygen atoms in total. The Morgan fingerprint density at radius 2 is 2.11 bits per heavy atom. The first-order valence-corrected chi connectivity index (χ1v) is 6.58. The number of hydrogen-bond donors (Lipinski definition) is 1. The number of ether oxygens (including phenoxy) is 1. The molecule has 0 unspecified atom stereocenters. The Morgan fingerprint density at radius 1 is 1.37 bits per heavy atom. The lowest BCUT2D eigenvalue weighted by molar-refractivity contribution is -0.385. The third-order valence-corrected chi connectivity index (χ3v) is 2.90. The molecule has 19 heavy (non-hydrogen) atoms. The van der Waals surface area contributed by atoms with Crippen LogP contribution in [0.2, 0.25) is 0 Å². The van der Waals surface area contributed by atoms with E-state index < -0.39 is 0 Å². The summed E-state index contributed by atoms with van der Waals surface area (Å²) in [7, 11) is 0. The molecule has 0 aliphatic heterocycles. The largest absolute Gasteiger partial charge is 0.382 e. The first-order chi connectivity index (χ1) is 9.02. The molecule has 0 saturated carbocycles. The van der Waals surface area contributed by atoms with Crippen LogP contribution in [-0.4, -0.2) is 24.7 Å². The highest BCUT2D eigenvalue weighted by Gasteiger charge is 2.12. The van der Waals surface area contributed by atoms with E-state index in [0.717, 1.165) is 18.7 Å². The van der Waals surface area contributed by atoms with Crippen molar-refractivity contribution >= 4 is 11.4 Å². The van der Waals surface area contributed by atoms with Gasteiger partial charge in [-0.15, -0.1) is 0 Å². The van der Waals surface area contributed by atoms with Gasteiger partial charge >= 0.3 is 0 Å². The molecule has 1 N–H and O–H groups in total. The van der Waals surface area contributed by atoms with Crippen molar-refractivity contribution in [1.29, 1.82) is 0 Å². The molecule has 0 heterocycles. The third kappa shape index (κ3) is 5.26. The summed E-state index contributed by atoms with van der Waals surface area (Å²) in [4.78, 5) is 10.4. The van der Waals surface area contributed by atoms with Crippen LogP contribution in [0.5, 0.6) is 0 Å². The fourth-order valence-corrected chi connectivity index (χ4v) is 1.69. The van der Waals surface area contributed by atoms with Gasteiger partial charge in [0.15, 0.2) is 0 Å². The molecule has 0 aliphatic carbocycles. The molecule has 5 heteroatoms. The number of nitrogens with one attached hydrogen (secondary N) is 1. The predicted molar refractivity (Wildman–Crippen MR) is 76.6 cm³/mol. The molecule has 0 aliphatic rings. The van der Waals surface area contributed by atoms with E-state index in [1.54, 1.807) is 13.0 Å². The number of nitro groups is 1. The summed E-state index contributed by atoms with van der Waals surface area (Å²) in [6.07, 6.45) is 1.05. The summed E-state index contributed by atoms with van der Waals surface area (Å²) < 4.78 is 5.49. The molecule has 1 rings (SSSR count). The van der Waals surface area contributed by atoms with Gasteiger partial charge in [-0.05, 0) is 25.3 Å². The molecular weight excluding hydrogens is 244 g/mol. The van der Waals surface area contributed by atoms with Crippen LogP contribution in [-0.2, 0) is 4.74 Å². The predicted octanol–water partition coefficient (Wildman–Crippen LogP) is 3.38. The molecular formula is C14H22N2O3. The lowest BCUT2D eigenvalue weighted by atomic mass is 10.1. The Morgan fingerprint density at radius 3 is 2.74 bits per heavy atom. The Bertz CT molecular complexity index is 419. The van der Waals surface area contributed by atoms with Crippen LogP contribution >= 0.6 is 0 Å². The van der Waals surface area contributed by atoms with E-state index in [1.165, 1.54) is 6.07 Å². The summed E-state index contributed by atoms with van der Waals surface area (Å²) in [6, 6.07) is 5.04. The van der Waals surface area contributed by atoms with Crippen molar-refractivity contribution in [2.75, 3.05) is 25.1 Å². The molecule has 0 bridgehead atoms. The third-order valence-electron chi connectivity index (χ3n) is 2.90. The van der Waals surface area contributed by atoms with Crippen molar-refractivity contribution in [3.05, 3.63) is 33.9 Å². The monoisotopic (exact) mass is 266 g/mol. The van der Waals surface area contributed by atoms with Gasteiger partial charge in [-0.1, -0.05) is 19.9 Å². The Kier molecular flexibility index (Phi) is 6.29. The van der Waals surface area contributed by atoms with Crippen molar-refractivity contribution in [3.63, 3.8) is 0 Å². The van der Waals surface area contributed by atoms with E-state index in [9.17, 15) is 10.1 Å². The van der Waals surface area contributed by atoms with Crippen molar-refractivity contribution < 1.29 is 9.66 Å². The number of rotatable bonds is 8. The highest BCUT2D eigenvalue weighted by Crippen LogP contribution is 2.24. The summed E-state index contributed by atoms with van der Waals surface area (Å²) in [5.41, 5.74) is 1.60. The second-order valence-electron chi connectivity index (χ2n) is 4.93. The Labute approximate surface area is 114 Å². The van der Waals surface area contributed by atoms with Gasteiger partial charge < -0.3 is 10.1 Å². The minimum atomic E-state index is -0.361. The molecule has 0 radical (unpaired) electrons. The average molecular weight is 266 g/mol. The van der Waals surface area contributed by atoms with Gasteiger partial charge in [0.2, 0.25) is 0 Å². The molecule has 1 aromatic rings. The Balaban J connectivity index is 2.37. The molecule has 0 amide bonds. The van der Waals surface area contributed by atoms with Gasteiger partial charge in [-0.2, -0.15) is 0 Å². The van der Waals surface area contributed by atoms with Crippen molar-refractivity contribution in [2.24, 2.45) is 5.92 Å². The van der Waals surface area contributed by atoms with E-state index >= 15 is 0 Å². The Hall–Kier alpha value is -1.62. The van der Waals surface area contributed by atoms with Crippen LogP contribution < -0.4 is 5.32 Å². The van der Waals surface area contributed by atoms with Crippen LogP contribution in [0.4, 0.5) is 11.4 Å². The van der Waals surface area contributed by atoms with Crippen molar-refractivity contribution in [2.45, 2.75) is 27.2 Å². The zero-order valence-electron chi connectivity index (χ0n) is 11.8. The van der Waals surface area contributed by atoms with E-state index in [0.29, 0.717) is 24.6 Å². The maximum Gasteiger partial charge on any atom is 0.274 e. The second kappa shape index (κ2) is 7.74.